The summed E-state index contributed by atoms with van der Waals surface area (Å²) in [5.41, 5.74) is 5.93. The van der Waals surface area contributed by atoms with Gasteiger partial charge in [0, 0.05) is 19.4 Å². The van der Waals surface area contributed by atoms with Crippen molar-refractivity contribution in [2.75, 3.05) is 5.32 Å². The second-order valence-corrected chi connectivity index (χ2v) is 5.72. The van der Waals surface area contributed by atoms with E-state index >= 15 is 0 Å². The molecule has 0 bridgehead atoms. The number of amides is 1. The maximum atomic E-state index is 11.8. The van der Waals surface area contributed by atoms with Gasteiger partial charge >= 0.3 is 0 Å². The summed E-state index contributed by atoms with van der Waals surface area (Å²) in [6.45, 7) is 1.48. The average Bonchev–Trinajstić information content (AvgIpc) is 2.89. The van der Waals surface area contributed by atoms with E-state index < -0.39 is 0 Å². The number of anilines is 1. The summed E-state index contributed by atoms with van der Waals surface area (Å²) >= 11 is 1.20. The molecular weight excluding hydrogens is 286 g/mol. The van der Waals surface area contributed by atoms with Crippen LogP contribution < -0.4 is 11.1 Å². The van der Waals surface area contributed by atoms with E-state index in [1.807, 2.05) is 0 Å². The summed E-state index contributed by atoms with van der Waals surface area (Å²) in [4.78, 5) is 27.5. The molecule has 3 N–H and O–H groups in total. The molecular formula is C12H18ClN3O2S. The number of thiazole rings is 1. The zero-order valence-corrected chi connectivity index (χ0v) is 12.4. The summed E-state index contributed by atoms with van der Waals surface area (Å²) in [6.07, 6.45) is 5.06. The highest BCUT2D eigenvalue weighted by Crippen LogP contribution is 2.27. The Morgan fingerprint density at radius 2 is 2.26 bits per heavy atom. The first-order valence-corrected chi connectivity index (χ1v) is 6.90. The maximum absolute atomic E-state index is 11.8. The molecule has 1 fully saturated rings. The molecule has 1 heterocycles. The van der Waals surface area contributed by atoms with E-state index in [9.17, 15) is 9.59 Å². The predicted octanol–water partition coefficient (Wildman–Crippen LogP) is 2.22. The lowest BCUT2D eigenvalue weighted by atomic mass is 10.00. The third kappa shape index (κ3) is 4.26. The quantitative estimate of drug-likeness (QED) is 0.835. The molecule has 7 heteroatoms. The number of halogens is 1. The topological polar surface area (TPSA) is 85.1 Å². The molecule has 0 radical (unpaired) electrons. The minimum Gasteiger partial charge on any atom is -0.327 e. The van der Waals surface area contributed by atoms with Gasteiger partial charge in [-0.05, 0) is 18.8 Å². The number of rotatable bonds is 4. The van der Waals surface area contributed by atoms with Gasteiger partial charge in [-0.25, -0.2) is 4.98 Å². The molecule has 2 rings (SSSR count). The number of nitrogens with two attached hydrogens (primary N) is 1. The van der Waals surface area contributed by atoms with Crippen LogP contribution in [0.5, 0.6) is 0 Å². The maximum Gasteiger partial charge on any atom is 0.226 e. The molecule has 1 amide bonds. The number of carbonyl (C=O) groups excluding carboxylic acids is 2. The molecule has 106 valence electrons. The Morgan fingerprint density at radius 1 is 1.53 bits per heavy atom. The van der Waals surface area contributed by atoms with E-state index in [1.165, 1.54) is 24.5 Å². The van der Waals surface area contributed by atoms with Crippen molar-refractivity contribution in [3.05, 3.63) is 11.1 Å². The Bertz CT molecular complexity index is 464. The highest BCUT2D eigenvalue weighted by atomic mass is 35.5. The number of hydrogen-bond donors (Lipinski definition) is 2. The fourth-order valence-electron chi connectivity index (χ4n) is 2.22. The molecule has 1 saturated carbocycles. The van der Waals surface area contributed by atoms with Crippen LogP contribution in [0.3, 0.4) is 0 Å². The van der Waals surface area contributed by atoms with Crippen molar-refractivity contribution in [1.82, 2.24) is 4.98 Å². The summed E-state index contributed by atoms with van der Waals surface area (Å²) in [5, 5.41) is 3.21. The number of nitrogens with zero attached hydrogens (tertiary/aromatic N) is 1. The minimum absolute atomic E-state index is 0. The van der Waals surface area contributed by atoms with Crippen molar-refractivity contribution in [2.45, 2.75) is 38.6 Å². The van der Waals surface area contributed by atoms with Gasteiger partial charge in [0.1, 0.15) is 0 Å². The zero-order valence-electron chi connectivity index (χ0n) is 10.7. The van der Waals surface area contributed by atoms with Gasteiger partial charge in [-0.15, -0.1) is 12.4 Å². The van der Waals surface area contributed by atoms with Gasteiger partial charge < -0.3 is 11.1 Å². The van der Waals surface area contributed by atoms with E-state index in [4.69, 9.17) is 5.73 Å². The number of aromatic nitrogens is 1. The van der Waals surface area contributed by atoms with Crippen LogP contribution in [-0.4, -0.2) is 22.7 Å². The number of Topliss-reactive ketones (excluding diaryl/α,β-unsaturated/α-hetero) is 1. The molecule has 1 aromatic rings. The Kier molecular flexibility index (Phi) is 5.90. The zero-order chi connectivity index (χ0) is 13.1. The van der Waals surface area contributed by atoms with E-state index in [1.54, 1.807) is 0 Å². The lowest BCUT2D eigenvalue weighted by molar-refractivity contribution is -0.117. The summed E-state index contributed by atoms with van der Waals surface area (Å²) in [6, 6.07) is 0.139. The van der Waals surface area contributed by atoms with Crippen LogP contribution in [-0.2, 0) is 4.79 Å². The van der Waals surface area contributed by atoms with Gasteiger partial charge in [-0.2, -0.15) is 0 Å². The monoisotopic (exact) mass is 303 g/mol. The van der Waals surface area contributed by atoms with Crippen molar-refractivity contribution in [3.8, 4) is 0 Å². The first-order valence-electron chi connectivity index (χ1n) is 6.08. The van der Waals surface area contributed by atoms with Crippen LogP contribution in [0.2, 0.25) is 0 Å². The molecule has 5 nitrogen and oxygen atoms in total. The van der Waals surface area contributed by atoms with Gasteiger partial charge in [0.05, 0.1) is 11.1 Å². The third-order valence-electron chi connectivity index (χ3n) is 3.26. The molecule has 19 heavy (non-hydrogen) atoms. The number of ketones is 1. The summed E-state index contributed by atoms with van der Waals surface area (Å²) < 4.78 is 0. The van der Waals surface area contributed by atoms with E-state index in [0.717, 1.165) is 19.3 Å². The molecule has 1 aromatic heterocycles. The summed E-state index contributed by atoms with van der Waals surface area (Å²) in [5.74, 6) is 0.171. The lowest BCUT2D eigenvalue weighted by Crippen LogP contribution is -2.28. The SMILES string of the molecule is CC(=O)c1cnc(NC(=O)C[C@@H]2CCC[C@H]2N)s1.Cl. The number of carbonyl (C=O) groups is 2. The van der Waals surface area contributed by atoms with E-state index in [-0.39, 0.29) is 36.1 Å². The van der Waals surface area contributed by atoms with Gasteiger partial charge in [0.2, 0.25) is 5.91 Å². The molecule has 0 unspecified atom stereocenters. The second kappa shape index (κ2) is 6.98. The van der Waals surface area contributed by atoms with E-state index in [0.29, 0.717) is 16.4 Å². The highest BCUT2D eigenvalue weighted by molar-refractivity contribution is 7.17. The molecule has 0 spiro atoms. The highest BCUT2D eigenvalue weighted by Gasteiger charge is 2.26. The lowest BCUT2D eigenvalue weighted by Gasteiger charge is -2.13. The number of nitrogens with one attached hydrogen (secondary N) is 1. The minimum atomic E-state index is -0.0678. The third-order valence-corrected chi connectivity index (χ3v) is 4.28. The summed E-state index contributed by atoms with van der Waals surface area (Å²) in [7, 11) is 0. The van der Waals surface area contributed by atoms with Gasteiger partial charge in [-0.1, -0.05) is 17.8 Å². The first kappa shape index (κ1) is 16.1. The second-order valence-electron chi connectivity index (χ2n) is 4.69. The fourth-order valence-corrected chi connectivity index (χ4v) is 2.95. The molecule has 0 aromatic carbocycles. The molecule has 1 aliphatic carbocycles. The van der Waals surface area contributed by atoms with Crippen molar-refractivity contribution >= 4 is 40.6 Å². The van der Waals surface area contributed by atoms with Crippen LogP contribution in [0.1, 0.15) is 42.3 Å². The van der Waals surface area contributed by atoms with Gasteiger partial charge in [-0.3, -0.25) is 9.59 Å². The normalized spacial score (nSPS) is 21.8. The van der Waals surface area contributed by atoms with Crippen molar-refractivity contribution < 1.29 is 9.59 Å². The van der Waals surface area contributed by atoms with Crippen molar-refractivity contribution in [3.63, 3.8) is 0 Å². The largest absolute Gasteiger partial charge is 0.327 e. The molecule has 1 aliphatic rings. The van der Waals surface area contributed by atoms with Crippen LogP contribution in [0.25, 0.3) is 0 Å². The smallest absolute Gasteiger partial charge is 0.226 e. The van der Waals surface area contributed by atoms with E-state index in [2.05, 4.69) is 10.3 Å². The van der Waals surface area contributed by atoms with Gasteiger partial charge in [0.15, 0.2) is 10.9 Å². The molecule has 2 atom stereocenters. The van der Waals surface area contributed by atoms with Crippen molar-refractivity contribution in [1.29, 1.82) is 0 Å². The fraction of sp³-hybridized carbons (Fsp3) is 0.583. The van der Waals surface area contributed by atoms with Crippen LogP contribution in [0.15, 0.2) is 6.20 Å². The van der Waals surface area contributed by atoms with Crippen LogP contribution in [0.4, 0.5) is 5.13 Å². The van der Waals surface area contributed by atoms with Crippen LogP contribution in [0, 0.1) is 5.92 Å². The predicted molar refractivity (Wildman–Crippen MR) is 77.9 cm³/mol. The first-order chi connectivity index (χ1) is 8.56. The standard InChI is InChI=1S/C12H17N3O2S.ClH/c1-7(16)10-6-14-12(18-10)15-11(17)5-8-3-2-4-9(8)13;/h6,8-9H,2-5,13H2,1H3,(H,14,15,17);1H/t8-,9+;/m0./s1. The molecule has 0 aliphatic heterocycles. The Balaban J connectivity index is 0.00000180. The van der Waals surface area contributed by atoms with Gasteiger partial charge in [0.25, 0.3) is 0 Å². The number of hydrogen-bond acceptors (Lipinski definition) is 5. The Hall–Kier alpha value is -0.980. The van der Waals surface area contributed by atoms with Crippen LogP contribution >= 0.6 is 23.7 Å². The van der Waals surface area contributed by atoms with Crippen molar-refractivity contribution in [2.24, 2.45) is 11.7 Å². The molecule has 0 saturated heterocycles. The Labute approximate surface area is 122 Å². The Morgan fingerprint density at radius 3 is 2.79 bits per heavy atom. The average molecular weight is 304 g/mol.